The first-order valence-corrected chi connectivity index (χ1v) is 7.44. The molecule has 4 heteroatoms. The number of hydrogen-bond acceptors (Lipinski definition) is 3. The molecular weight excluding hydrogens is 264 g/mol. The van der Waals surface area contributed by atoms with Crippen LogP contribution in [0.5, 0.6) is 5.75 Å². The molecule has 2 unspecified atom stereocenters. The molecule has 2 heterocycles. The van der Waals surface area contributed by atoms with E-state index in [0.717, 1.165) is 25.3 Å². The Labute approximate surface area is 123 Å². The predicted molar refractivity (Wildman–Crippen MR) is 80.4 cm³/mol. The molecule has 2 aromatic rings. The minimum atomic E-state index is -0.279. The molecule has 1 aromatic heterocycles. The van der Waals surface area contributed by atoms with Crippen LogP contribution in [0.3, 0.4) is 0 Å². The zero-order chi connectivity index (χ0) is 14.4. The van der Waals surface area contributed by atoms with Gasteiger partial charge in [-0.25, -0.2) is 0 Å². The Morgan fingerprint density at radius 2 is 1.95 bits per heavy atom. The highest BCUT2D eigenvalue weighted by atomic mass is 16.3. The molecule has 21 heavy (non-hydrogen) atoms. The van der Waals surface area contributed by atoms with Gasteiger partial charge in [-0.1, -0.05) is 30.3 Å². The van der Waals surface area contributed by atoms with Crippen molar-refractivity contribution in [3.05, 3.63) is 64.1 Å². The van der Waals surface area contributed by atoms with Gasteiger partial charge < -0.3 is 9.67 Å². The summed E-state index contributed by atoms with van der Waals surface area (Å²) in [6.07, 6.45) is 2.77. The van der Waals surface area contributed by atoms with Crippen LogP contribution in [-0.4, -0.2) is 27.2 Å². The molecule has 108 valence electrons. The molecule has 1 aliphatic carbocycles. The monoisotopic (exact) mass is 282 g/mol. The van der Waals surface area contributed by atoms with Crippen LogP contribution in [0.15, 0.2) is 47.4 Å². The first-order valence-electron chi connectivity index (χ1n) is 7.44. The van der Waals surface area contributed by atoms with Crippen LogP contribution in [0.25, 0.3) is 0 Å². The second-order valence-corrected chi connectivity index (χ2v) is 6.00. The van der Waals surface area contributed by atoms with Crippen LogP contribution in [0.4, 0.5) is 0 Å². The highest BCUT2D eigenvalue weighted by Gasteiger charge is 2.43. The lowest BCUT2D eigenvalue weighted by Gasteiger charge is -2.30. The molecular formula is C17H18N2O2. The summed E-state index contributed by atoms with van der Waals surface area (Å²) < 4.78 is 1.99. The summed E-state index contributed by atoms with van der Waals surface area (Å²) in [5.41, 5.74) is 2.14. The molecule has 2 atom stereocenters. The third kappa shape index (κ3) is 2.25. The van der Waals surface area contributed by atoms with Crippen molar-refractivity contribution in [3.8, 4) is 5.75 Å². The topological polar surface area (TPSA) is 45.5 Å². The average Bonchev–Trinajstić information content (AvgIpc) is 3.29. The standard InChI is InChI=1S/C17H18N2O2/c20-16-8-13-10-19(7-6-18(13)11-17(16)21)15-9-14(15)12-4-2-1-3-5-12/h1-5,8,11,14-15,21H,6-7,9-10H2. The van der Waals surface area contributed by atoms with Gasteiger partial charge >= 0.3 is 0 Å². The van der Waals surface area contributed by atoms with Crippen molar-refractivity contribution in [1.82, 2.24) is 9.47 Å². The van der Waals surface area contributed by atoms with Crippen LogP contribution < -0.4 is 5.43 Å². The van der Waals surface area contributed by atoms with Crippen LogP contribution in [0.1, 0.15) is 23.6 Å². The molecule has 1 saturated carbocycles. The molecule has 1 aromatic carbocycles. The summed E-state index contributed by atoms with van der Waals surface area (Å²) >= 11 is 0. The van der Waals surface area contributed by atoms with Gasteiger partial charge in [0, 0.05) is 43.4 Å². The third-order valence-corrected chi connectivity index (χ3v) is 4.64. The molecule has 1 aliphatic heterocycles. The summed E-state index contributed by atoms with van der Waals surface area (Å²) in [7, 11) is 0. The van der Waals surface area contributed by atoms with E-state index >= 15 is 0 Å². The second-order valence-electron chi connectivity index (χ2n) is 6.00. The van der Waals surface area contributed by atoms with Crippen molar-refractivity contribution < 1.29 is 5.11 Å². The van der Waals surface area contributed by atoms with E-state index in [1.807, 2.05) is 4.57 Å². The maximum Gasteiger partial charge on any atom is 0.223 e. The normalized spacial score (nSPS) is 24.6. The van der Waals surface area contributed by atoms with Gasteiger partial charge in [0.05, 0.1) is 6.20 Å². The van der Waals surface area contributed by atoms with Gasteiger partial charge in [-0.05, 0) is 12.0 Å². The minimum absolute atomic E-state index is 0.152. The number of hydrogen-bond donors (Lipinski definition) is 1. The summed E-state index contributed by atoms with van der Waals surface area (Å²) in [5, 5.41) is 9.51. The Hall–Kier alpha value is -2.07. The number of benzene rings is 1. The van der Waals surface area contributed by atoms with Crippen molar-refractivity contribution in [3.63, 3.8) is 0 Å². The van der Waals surface area contributed by atoms with E-state index in [2.05, 4.69) is 35.2 Å². The van der Waals surface area contributed by atoms with E-state index in [9.17, 15) is 9.90 Å². The van der Waals surface area contributed by atoms with Crippen LogP contribution >= 0.6 is 0 Å². The Morgan fingerprint density at radius 3 is 2.76 bits per heavy atom. The van der Waals surface area contributed by atoms with Crippen molar-refractivity contribution in [2.75, 3.05) is 6.54 Å². The van der Waals surface area contributed by atoms with Gasteiger partial charge in [0.2, 0.25) is 5.43 Å². The summed E-state index contributed by atoms with van der Waals surface area (Å²) in [6, 6.07) is 12.8. The number of rotatable bonds is 2. The molecule has 0 amide bonds. The molecule has 1 fully saturated rings. The lowest BCUT2D eigenvalue weighted by Crippen LogP contribution is -2.37. The van der Waals surface area contributed by atoms with Gasteiger partial charge in [0.25, 0.3) is 0 Å². The van der Waals surface area contributed by atoms with Crippen LogP contribution in [-0.2, 0) is 13.1 Å². The Morgan fingerprint density at radius 1 is 1.14 bits per heavy atom. The van der Waals surface area contributed by atoms with Gasteiger partial charge in [-0.2, -0.15) is 0 Å². The largest absolute Gasteiger partial charge is 0.503 e. The zero-order valence-corrected chi connectivity index (χ0v) is 11.8. The van der Waals surface area contributed by atoms with E-state index in [1.165, 1.54) is 12.0 Å². The molecule has 0 radical (unpaired) electrons. The highest BCUT2D eigenvalue weighted by Crippen LogP contribution is 2.45. The van der Waals surface area contributed by atoms with E-state index in [1.54, 1.807) is 12.3 Å². The highest BCUT2D eigenvalue weighted by molar-refractivity contribution is 5.28. The number of aromatic nitrogens is 1. The van der Waals surface area contributed by atoms with Crippen molar-refractivity contribution in [2.45, 2.75) is 31.5 Å². The van der Waals surface area contributed by atoms with Gasteiger partial charge in [-0.3, -0.25) is 9.69 Å². The Kier molecular flexibility index (Phi) is 2.86. The Balaban J connectivity index is 1.52. The summed E-state index contributed by atoms with van der Waals surface area (Å²) in [6.45, 7) is 2.61. The van der Waals surface area contributed by atoms with E-state index in [-0.39, 0.29) is 11.2 Å². The van der Waals surface area contributed by atoms with Crippen LogP contribution in [0, 0.1) is 0 Å². The summed E-state index contributed by atoms with van der Waals surface area (Å²) in [5.74, 6) is 0.474. The second kappa shape index (κ2) is 4.74. The quantitative estimate of drug-likeness (QED) is 0.915. The summed E-state index contributed by atoms with van der Waals surface area (Å²) in [4.78, 5) is 14.0. The maximum absolute atomic E-state index is 11.6. The van der Waals surface area contributed by atoms with Gasteiger partial charge in [0.1, 0.15) is 0 Å². The zero-order valence-electron chi connectivity index (χ0n) is 11.8. The first-order chi connectivity index (χ1) is 10.2. The van der Waals surface area contributed by atoms with Gasteiger partial charge in [-0.15, -0.1) is 0 Å². The van der Waals surface area contributed by atoms with Crippen molar-refractivity contribution >= 4 is 0 Å². The van der Waals surface area contributed by atoms with Crippen LogP contribution in [0.2, 0.25) is 0 Å². The fraction of sp³-hybridized carbons (Fsp3) is 0.353. The molecule has 4 nitrogen and oxygen atoms in total. The fourth-order valence-electron chi connectivity index (χ4n) is 3.40. The predicted octanol–water partition coefficient (Wildman–Crippen LogP) is 1.93. The number of pyridine rings is 1. The lowest BCUT2D eigenvalue weighted by molar-refractivity contribution is 0.205. The lowest BCUT2D eigenvalue weighted by atomic mass is 10.1. The average molecular weight is 282 g/mol. The fourth-order valence-corrected chi connectivity index (χ4v) is 3.40. The van der Waals surface area contributed by atoms with Crippen molar-refractivity contribution in [2.24, 2.45) is 0 Å². The molecule has 4 rings (SSSR count). The smallest absolute Gasteiger partial charge is 0.223 e. The molecule has 2 aliphatic rings. The number of fused-ring (bicyclic) bond motifs is 1. The SMILES string of the molecule is O=c1cc2n(cc1O)CCN(C1CC1c1ccccc1)C2. The first kappa shape index (κ1) is 12.7. The Bertz CT molecular complexity index is 723. The molecule has 1 N–H and O–H groups in total. The number of nitrogens with zero attached hydrogens (tertiary/aromatic N) is 2. The molecule has 0 spiro atoms. The molecule has 0 saturated heterocycles. The van der Waals surface area contributed by atoms with Gasteiger partial charge in [0.15, 0.2) is 5.75 Å². The molecule has 0 bridgehead atoms. The van der Waals surface area contributed by atoms with E-state index in [0.29, 0.717) is 12.0 Å². The third-order valence-electron chi connectivity index (χ3n) is 4.64. The maximum atomic E-state index is 11.6. The van der Waals surface area contributed by atoms with E-state index < -0.39 is 0 Å². The van der Waals surface area contributed by atoms with Crippen molar-refractivity contribution in [1.29, 1.82) is 0 Å². The minimum Gasteiger partial charge on any atom is -0.503 e. The number of aromatic hydroxyl groups is 1. The van der Waals surface area contributed by atoms with E-state index in [4.69, 9.17) is 0 Å².